The summed E-state index contributed by atoms with van der Waals surface area (Å²) in [6, 6.07) is 12.6. The molecule has 0 aliphatic carbocycles. The Morgan fingerprint density at radius 2 is 2.22 bits per heavy atom. The van der Waals surface area contributed by atoms with E-state index in [-0.39, 0.29) is 11.5 Å². The average Bonchev–Trinajstić information content (AvgIpc) is 3.23. The largest absolute Gasteiger partial charge is 0.493 e. The molecule has 27 heavy (non-hydrogen) atoms. The summed E-state index contributed by atoms with van der Waals surface area (Å²) >= 11 is 1.67. The van der Waals surface area contributed by atoms with Gasteiger partial charge in [-0.1, -0.05) is 18.1 Å². The van der Waals surface area contributed by atoms with Crippen molar-refractivity contribution < 1.29 is 14.6 Å². The Bertz CT molecular complexity index is 1040. The van der Waals surface area contributed by atoms with Crippen molar-refractivity contribution in [1.29, 1.82) is 0 Å². The first-order valence-corrected chi connectivity index (χ1v) is 9.40. The van der Waals surface area contributed by atoms with E-state index in [0.29, 0.717) is 12.3 Å². The lowest BCUT2D eigenvalue weighted by Crippen LogP contribution is -2.13. The normalized spacial score (nSPS) is 15.0. The Balaban J connectivity index is 1.56. The highest BCUT2D eigenvalue weighted by Gasteiger charge is 2.20. The molecule has 1 unspecified atom stereocenters. The van der Waals surface area contributed by atoms with Crippen LogP contribution in [-0.4, -0.2) is 22.7 Å². The molecule has 0 spiro atoms. The van der Waals surface area contributed by atoms with Gasteiger partial charge < -0.3 is 15.2 Å². The zero-order chi connectivity index (χ0) is 18.6. The summed E-state index contributed by atoms with van der Waals surface area (Å²) in [7, 11) is 0. The van der Waals surface area contributed by atoms with Crippen molar-refractivity contribution in [1.82, 2.24) is 4.98 Å². The first-order valence-electron chi connectivity index (χ1n) is 8.45. The zero-order valence-corrected chi connectivity index (χ0v) is 15.1. The highest BCUT2D eigenvalue weighted by Crippen LogP contribution is 2.36. The number of fused-ring (bicyclic) bond motifs is 1. The van der Waals surface area contributed by atoms with Gasteiger partial charge in [0, 0.05) is 17.8 Å². The van der Waals surface area contributed by atoms with Crippen molar-refractivity contribution >= 4 is 23.0 Å². The van der Waals surface area contributed by atoms with Crippen molar-refractivity contribution in [2.75, 3.05) is 11.9 Å². The molecule has 3 heterocycles. The maximum Gasteiger partial charge on any atom is 0.337 e. The molecule has 0 saturated heterocycles. The van der Waals surface area contributed by atoms with Gasteiger partial charge in [-0.25, -0.2) is 4.79 Å². The van der Waals surface area contributed by atoms with E-state index in [4.69, 9.17) is 4.74 Å². The van der Waals surface area contributed by atoms with Crippen LogP contribution in [0.25, 0.3) is 11.1 Å². The van der Waals surface area contributed by atoms with Crippen LogP contribution < -0.4 is 10.1 Å². The Kier molecular flexibility index (Phi) is 4.77. The van der Waals surface area contributed by atoms with Crippen LogP contribution in [0.4, 0.5) is 5.69 Å². The van der Waals surface area contributed by atoms with Crippen molar-refractivity contribution in [3.8, 4) is 28.8 Å². The highest BCUT2D eigenvalue weighted by molar-refractivity contribution is 7.08. The van der Waals surface area contributed by atoms with Gasteiger partial charge >= 0.3 is 5.97 Å². The monoisotopic (exact) mass is 376 g/mol. The molecular weight excluding hydrogens is 360 g/mol. The van der Waals surface area contributed by atoms with E-state index in [1.807, 2.05) is 0 Å². The number of carboxylic acids is 1. The quantitative estimate of drug-likeness (QED) is 0.522. The summed E-state index contributed by atoms with van der Waals surface area (Å²) < 4.78 is 5.84. The predicted octanol–water partition coefficient (Wildman–Crippen LogP) is 4.45. The Morgan fingerprint density at radius 3 is 3.04 bits per heavy atom. The van der Waals surface area contributed by atoms with Gasteiger partial charge in [-0.05, 0) is 46.5 Å². The molecule has 0 bridgehead atoms. The number of anilines is 1. The lowest BCUT2D eigenvalue weighted by molar-refractivity contribution is 0.0698. The standard InChI is InChI=1S/C21H16N2O3S/c24-21(25)18-4-7-22-12-19(18)23-8-3-14-5-9-26-20-11-15(1-2-17(14)20)16-6-10-27-13-16/h1-2,4,6-7,10-14,23H,5,9H2,(H,24,25). The number of nitrogens with one attached hydrogen (secondary N) is 1. The molecule has 2 aromatic heterocycles. The lowest BCUT2D eigenvalue weighted by atomic mass is 9.92. The van der Waals surface area contributed by atoms with Gasteiger partial charge in [0.05, 0.1) is 30.0 Å². The average molecular weight is 376 g/mol. The molecule has 134 valence electrons. The number of hydrogen-bond donors (Lipinski definition) is 2. The van der Waals surface area contributed by atoms with Gasteiger partial charge in [-0.2, -0.15) is 11.3 Å². The number of pyridine rings is 1. The number of aromatic carboxylic acids is 1. The van der Waals surface area contributed by atoms with Gasteiger partial charge in [0.15, 0.2) is 0 Å². The first-order chi connectivity index (χ1) is 13.2. The number of carboxylic acid groups (broad SMARTS) is 1. The van der Waals surface area contributed by atoms with E-state index in [1.165, 1.54) is 24.0 Å². The first kappa shape index (κ1) is 17.1. The van der Waals surface area contributed by atoms with Gasteiger partial charge in [0.1, 0.15) is 5.75 Å². The van der Waals surface area contributed by atoms with E-state index in [0.717, 1.165) is 23.3 Å². The maximum atomic E-state index is 11.2. The highest BCUT2D eigenvalue weighted by atomic mass is 32.1. The van der Waals surface area contributed by atoms with Crippen LogP contribution in [0.2, 0.25) is 0 Å². The van der Waals surface area contributed by atoms with Crippen LogP contribution in [0.15, 0.2) is 53.5 Å². The molecule has 1 atom stereocenters. The van der Waals surface area contributed by atoms with Gasteiger partial charge in [-0.15, -0.1) is 0 Å². The lowest BCUT2D eigenvalue weighted by Gasteiger charge is -2.23. The summed E-state index contributed by atoms with van der Waals surface area (Å²) in [5, 5.41) is 16.2. The number of carbonyl (C=O) groups is 1. The van der Waals surface area contributed by atoms with Crippen LogP contribution >= 0.6 is 11.3 Å². The van der Waals surface area contributed by atoms with E-state index < -0.39 is 5.97 Å². The fourth-order valence-electron chi connectivity index (χ4n) is 3.02. The van der Waals surface area contributed by atoms with Crippen molar-refractivity contribution in [2.24, 2.45) is 0 Å². The number of aromatic nitrogens is 1. The molecule has 5 nitrogen and oxygen atoms in total. The van der Waals surface area contributed by atoms with Crippen LogP contribution in [-0.2, 0) is 0 Å². The second-order valence-corrected chi connectivity index (χ2v) is 6.86. The summed E-state index contributed by atoms with van der Waals surface area (Å²) in [4.78, 5) is 15.2. The minimum absolute atomic E-state index is 0.0303. The fraction of sp³-hybridized carbons (Fsp3) is 0.143. The molecule has 2 N–H and O–H groups in total. The van der Waals surface area contributed by atoms with E-state index >= 15 is 0 Å². The Morgan fingerprint density at radius 1 is 1.30 bits per heavy atom. The van der Waals surface area contributed by atoms with Crippen molar-refractivity contribution in [3.05, 3.63) is 64.6 Å². The minimum Gasteiger partial charge on any atom is -0.493 e. The van der Waals surface area contributed by atoms with Crippen LogP contribution in [0.3, 0.4) is 0 Å². The Labute approximate surface area is 160 Å². The van der Waals surface area contributed by atoms with E-state index in [9.17, 15) is 9.90 Å². The molecule has 0 fully saturated rings. The SMILES string of the molecule is O=C(O)c1ccncc1NC#CC1CCOc2cc(-c3ccsc3)ccc21. The molecule has 0 saturated carbocycles. The molecule has 3 aromatic rings. The molecule has 4 rings (SSSR count). The predicted molar refractivity (Wildman–Crippen MR) is 105 cm³/mol. The third-order valence-corrected chi connectivity index (χ3v) is 5.09. The number of nitrogens with zero attached hydrogens (tertiary/aromatic N) is 1. The molecule has 0 amide bonds. The summed E-state index contributed by atoms with van der Waals surface area (Å²) in [5.41, 5.74) is 3.89. The molecular formula is C21H16N2O3S. The van der Waals surface area contributed by atoms with Gasteiger partial charge in [0.25, 0.3) is 0 Å². The van der Waals surface area contributed by atoms with Crippen LogP contribution in [0, 0.1) is 12.0 Å². The number of benzene rings is 1. The second kappa shape index (κ2) is 7.52. The topological polar surface area (TPSA) is 71.5 Å². The third-order valence-electron chi connectivity index (χ3n) is 4.40. The minimum atomic E-state index is -1.01. The van der Waals surface area contributed by atoms with Gasteiger partial charge in [-0.3, -0.25) is 4.98 Å². The summed E-state index contributed by atoms with van der Waals surface area (Å²) in [5.74, 6) is 3.06. The third kappa shape index (κ3) is 3.64. The number of thiophene rings is 1. The van der Waals surface area contributed by atoms with Crippen molar-refractivity contribution in [2.45, 2.75) is 12.3 Å². The number of rotatable bonds is 3. The zero-order valence-electron chi connectivity index (χ0n) is 14.3. The van der Waals surface area contributed by atoms with Crippen LogP contribution in [0.5, 0.6) is 5.75 Å². The number of ether oxygens (including phenoxy) is 1. The molecule has 0 radical (unpaired) electrons. The van der Waals surface area contributed by atoms with E-state index in [1.54, 1.807) is 11.3 Å². The van der Waals surface area contributed by atoms with Crippen LogP contribution in [0.1, 0.15) is 28.3 Å². The molecule has 1 aromatic carbocycles. The summed E-state index contributed by atoms with van der Waals surface area (Å²) in [6.45, 7) is 0.604. The number of hydrogen-bond acceptors (Lipinski definition) is 5. The summed E-state index contributed by atoms with van der Waals surface area (Å²) in [6.07, 6.45) is 3.70. The smallest absolute Gasteiger partial charge is 0.337 e. The second-order valence-electron chi connectivity index (χ2n) is 6.08. The Hall–Kier alpha value is -3.30. The molecule has 1 aliphatic rings. The molecule has 1 aliphatic heterocycles. The molecule has 6 heteroatoms. The van der Waals surface area contributed by atoms with E-state index in [2.05, 4.69) is 57.3 Å². The fourth-order valence-corrected chi connectivity index (χ4v) is 3.68. The van der Waals surface area contributed by atoms with Crippen molar-refractivity contribution in [3.63, 3.8) is 0 Å². The maximum absolute atomic E-state index is 11.2. The van der Waals surface area contributed by atoms with Gasteiger partial charge in [0.2, 0.25) is 0 Å².